The highest BCUT2D eigenvalue weighted by Crippen LogP contribution is 2.31. The van der Waals surface area contributed by atoms with Crippen molar-refractivity contribution in [3.63, 3.8) is 0 Å². The number of rotatable bonds is 4. The molecule has 1 aliphatic rings. The SMILES string of the molecule is Cn1c(=O)n(CN2CCN(S(=O)(=O)c3cccc(C(F)(F)F)c3)CC2)c2ccccc21. The van der Waals surface area contributed by atoms with Crippen LogP contribution in [-0.4, -0.2) is 52.9 Å². The van der Waals surface area contributed by atoms with Crippen molar-refractivity contribution in [1.29, 1.82) is 0 Å². The van der Waals surface area contributed by atoms with E-state index in [-0.39, 0.29) is 23.7 Å². The highest BCUT2D eigenvalue weighted by atomic mass is 32.2. The molecule has 0 aliphatic carbocycles. The Hall–Kier alpha value is -2.63. The molecule has 11 heteroatoms. The van der Waals surface area contributed by atoms with Crippen LogP contribution in [0.5, 0.6) is 0 Å². The van der Waals surface area contributed by atoms with E-state index in [1.165, 1.54) is 10.4 Å². The van der Waals surface area contributed by atoms with Crippen molar-refractivity contribution in [2.75, 3.05) is 26.2 Å². The van der Waals surface area contributed by atoms with Crippen LogP contribution in [0.15, 0.2) is 58.2 Å². The van der Waals surface area contributed by atoms with Crippen LogP contribution >= 0.6 is 0 Å². The summed E-state index contributed by atoms with van der Waals surface area (Å²) in [5.41, 5.74) is 0.426. The van der Waals surface area contributed by atoms with Crippen molar-refractivity contribution in [1.82, 2.24) is 18.3 Å². The van der Waals surface area contributed by atoms with E-state index in [0.717, 1.165) is 23.2 Å². The average molecular weight is 454 g/mol. The maximum atomic E-state index is 13.0. The normalized spacial score (nSPS) is 16.8. The Labute approximate surface area is 177 Å². The first kappa shape index (κ1) is 21.6. The van der Waals surface area contributed by atoms with E-state index < -0.39 is 21.8 Å². The van der Waals surface area contributed by atoms with Gasteiger partial charge in [-0.2, -0.15) is 17.5 Å². The van der Waals surface area contributed by atoms with Gasteiger partial charge in [0.2, 0.25) is 10.0 Å². The maximum Gasteiger partial charge on any atom is 0.416 e. The molecule has 0 N–H and O–H groups in total. The van der Waals surface area contributed by atoms with Crippen LogP contribution in [0.1, 0.15) is 5.56 Å². The first-order valence-corrected chi connectivity index (χ1v) is 11.1. The van der Waals surface area contributed by atoms with Crippen LogP contribution in [0.3, 0.4) is 0 Å². The van der Waals surface area contributed by atoms with Crippen molar-refractivity contribution >= 4 is 21.1 Å². The number of para-hydroxylation sites is 2. The predicted octanol–water partition coefficient (Wildman–Crippen LogP) is 2.32. The number of sulfonamides is 1. The lowest BCUT2D eigenvalue weighted by Crippen LogP contribution is -2.49. The van der Waals surface area contributed by atoms with Gasteiger partial charge in [0.05, 0.1) is 28.2 Å². The number of halogens is 3. The zero-order chi connectivity index (χ0) is 22.4. The second-order valence-electron chi connectivity index (χ2n) is 7.45. The number of imidazole rings is 1. The van der Waals surface area contributed by atoms with E-state index in [1.54, 1.807) is 16.2 Å². The van der Waals surface area contributed by atoms with Crippen molar-refractivity contribution in [2.45, 2.75) is 17.7 Å². The number of fused-ring (bicyclic) bond motifs is 1. The molecule has 0 unspecified atom stereocenters. The molecule has 1 saturated heterocycles. The quantitative estimate of drug-likeness (QED) is 0.607. The third-order valence-corrected chi connectivity index (χ3v) is 7.42. The molecule has 1 aromatic heterocycles. The van der Waals surface area contributed by atoms with Crippen LogP contribution in [0.25, 0.3) is 11.0 Å². The van der Waals surface area contributed by atoms with Gasteiger partial charge in [0.25, 0.3) is 0 Å². The lowest BCUT2D eigenvalue weighted by Gasteiger charge is -2.34. The van der Waals surface area contributed by atoms with Crippen LogP contribution in [0.4, 0.5) is 13.2 Å². The molecule has 0 amide bonds. The molecular formula is C20H21F3N4O3S. The molecule has 1 aliphatic heterocycles. The second kappa shape index (κ2) is 7.81. The highest BCUT2D eigenvalue weighted by Gasteiger charge is 2.34. The third kappa shape index (κ3) is 4.00. The molecule has 0 radical (unpaired) electrons. The van der Waals surface area contributed by atoms with E-state index >= 15 is 0 Å². The van der Waals surface area contributed by atoms with Gasteiger partial charge in [0.1, 0.15) is 0 Å². The molecule has 166 valence electrons. The van der Waals surface area contributed by atoms with E-state index in [9.17, 15) is 26.4 Å². The van der Waals surface area contributed by atoms with Crippen LogP contribution in [0.2, 0.25) is 0 Å². The summed E-state index contributed by atoms with van der Waals surface area (Å²) in [6, 6.07) is 11.2. The number of alkyl halides is 3. The lowest BCUT2D eigenvalue weighted by molar-refractivity contribution is -0.137. The summed E-state index contributed by atoms with van der Waals surface area (Å²) in [4.78, 5) is 14.2. The van der Waals surface area contributed by atoms with Gasteiger partial charge >= 0.3 is 11.9 Å². The van der Waals surface area contributed by atoms with Gasteiger partial charge in [-0.05, 0) is 30.3 Å². The summed E-state index contributed by atoms with van der Waals surface area (Å²) in [6.07, 6.45) is -4.62. The Balaban J connectivity index is 1.49. The zero-order valence-electron chi connectivity index (χ0n) is 16.7. The fourth-order valence-corrected chi connectivity index (χ4v) is 5.26. The minimum Gasteiger partial charge on any atom is -0.295 e. The Morgan fingerprint density at radius 1 is 0.935 bits per heavy atom. The largest absolute Gasteiger partial charge is 0.416 e. The van der Waals surface area contributed by atoms with Crippen molar-refractivity contribution in [3.05, 3.63) is 64.6 Å². The first-order chi connectivity index (χ1) is 14.6. The summed E-state index contributed by atoms with van der Waals surface area (Å²) < 4.78 is 68.9. The topological polar surface area (TPSA) is 67.6 Å². The number of aromatic nitrogens is 2. The molecule has 1 fully saturated rings. The van der Waals surface area contributed by atoms with Gasteiger partial charge in [0, 0.05) is 33.2 Å². The molecule has 2 aromatic carbocycles. The predicted molar refractivity (Wildman–Crippen MR) is 109 cm³/mol. The van der Waals surface area contributed by atoms with Crippen LogP contribution in [0, 0.1) is 0 Å². The summed E-state index contributed by atoms with van der Waals surface area (Å²) >= 11 is 0. The van der Waals surface area contributed by atoms with E-state index in [2.05, 4.69) is 0 Å². The van der Waals surface area contributed by atoms with Gasteiger partial charge < -0.3 is 0 Å². The standard InChI is InChI=1S/C20H21F3N4O3S/c1-24-17-7-2-3-8-18(17)27(19(24)28)14-25-9-11-26(12-10-25)31(29,30)16-6-4-5-15(13-16)20(21,22)23/h2-8,13H,9-12,14H2,1H3. The minimum atomic E-state index is -4.62. The average Bonchev–Trinajstić information content (AvgIpc) is 2.99. The maximum absolute atomic E-state index is 13.0. The van der Waals surface area contributed by atoms with E-state index in [0.29, 0.717) is 25.8 Å². The van der Waals surface area contributed by atoms with E-state index in [4.69, 9.17) is 0 Å². The van der Waals surface area contributed by atoms with Gasteiger partial charge in [-0.1, -0.05) is 18.2 Å². The molecule has 31 heavy (non-hydrogen) atoms. The van der Waals surface area contributed by atoms with Crippen LogP contribution in [-0.2, 0) is 29.9 Å². The third-order valence-electron chi connectivity index (χ3n) is 5.52. The van der Waals surface area contributed by atoms with Crippen molar-refractivity contribution in [2.24, 2.45) is 7.05 Å². The molecule has 2 heterocycles. The van der Waals surface area contributed by atoms with Crippen molar-refractivity contribution < 1.29 is 21.6 Å². The molecule has 0 spiro atoms. The van der Waals surface area contributed by atoms with E-state index in [1.807, 2.05) is 29.2 Å². The Kier molecular flexibility index (Phi) is 5.44. The molecule has 7 nitrogen and oxygen atoms in total. The molecule has 0 saturated carbocycles. The fourth-order valence-electron chi connectivity index (χ4n) is 3.79. The monoisotopic (exact) mass is 454 g/mol. The number of hydrogen-bond acceptors (Lipinski definition) is 4. The zero-order valence-corrected chi connectivity index (χ0v) is 17.5. The summed E-state index contributed by atoms with van der Waals surface area (Å²) in [6.45, 7) is 1.26. The summed E-state index contributed by atoms with van der Waals surface area (Å²) in [7, 11) is -2.35. The number of nitrogens with zero attached hydrogens (tertiary/aromatic N) is 4. The second-order valence-corrected chi connectivity index (χ2v) is 9.39. The van der Waals surface area contributed by atoms with Gasteiger partial charge in [0.15, 0.2) is 0 Å². The number of piperazine rings is 1. The van der Waals surface area contributed by atoms with Gasteiger partial charge in [-0.25, -0.2) is 13.2 Å². The number of aryl methyl sites for hydroxylation is 1. The summed E-state index contributed by atoms with van der Waals surface area (Å²) in [5, 5.41) is 0. The smallest absolute Gasteiger partial charge is 0.295 e. The highest BCUT2D eigenvalue weighted by molar-refractivity contribution is 7.89. The summed E-state index contributed by atoms with van der Waals surface area (Å²) in [5.74, 6) is 0. The fraction of sp³-hybridized carbons (Fsp3) is 0.350. The molecule has 3 aromatic rings. The Morgan fingerprint density at radius 2 is 1.58 bits per heavy atom. The Bertz CT molecular complexity index is 1270. The molecule has 0 atom stereocenters. The Morgan fingerprint density at radius 3 is 2.23 bits per heavy atom. The molecule has 4 rings (SSSR count). The minimum absolute atomic E-state index is 0.123. The van der Waals surface area contributed by atoms with Crippen LogP contribution < -0.4 is 5.69 Å². The van der Waals surface area contributed by atoms with Crippen molar-refractivity contribution in [3.8, 4) is 0 Å². The molecular weight excluding hydrogens is 433 g/mol. The first-order valence-electron chi connectivity index (χ1n) is 9.63. The van der Waals surface area contributed by atoms with Gasteiger partial charge in [-0.3, -0.25) is 14.0 Å². The number of benzene rings is 2. The number of hydrogen-bond donors (Lipinski definition) is 0. The molecule has 0 bridgehead atoms. The van der Waals surface area contributed by atoms with Gasteiger partial charge in [-0.15, -0.1) is 0 Å². The lowest BCUT2D eigenvalue weighted by atomic mass is 10.2.